The van der Waals surface area contributed by atoms with Crippen LogP contribution in [0.15, 0.2) is 42.5 Å². The molecule has 0 bridgehead atoms. The number of nitriles is 1. The molecule has 3 aromatic rings. The van der Waals surface area contributed by atoms with Crippen LogP contribution < -0.4 is 16.0 Å². The number of hydrogen-bond donors (Lipinski definition) is 3. The maximum absolute atomic E-state index is 13.0. The van der Waals surface area contributed by atoms with Crippen molar-refractivity contribution >= 4 is 28.4 Å². The van der Waals surface area contributed by atoms with Gasteiger partial charge in [-0.2, -0.15) is 18.4 Å². The number of hydrogen-bond acceptors (Lipinski definition) is 4. The Labute approximate surface area is 177 Å². The van der Waals surface area contributed by atoms with Gasteiger partial charge in [-0.05, 0) is 55.3 Å². The van der Waals surface area contributed by atoms with Crippen LogP contribution in [0.3, 0.4) is 0 Å². The molecule has 3 rings (SSSR count). The predicted molar refractivity (Wildman–Crippen MR) is 113 cm³/mol. The SMILES string of the molecule is Cc1cc2cc(C#N)c(NCCNC(=O)Nc3ccccc3C(F)(F)F)nc2cc1C. The van der Waals surface area contributed by atoms with Gasteiger partial charge in [-0.25, -0.2) is 9.78 Å². The van der Waals surface area contributed by atoms with Gasteiger partial charge in [0, 0.05) is 18.5 Å². The van der Waals surface area contributed by atoms with Gasteiger partial charge in [0.05, 0.1) is 22.3 Å². The molecule has 0 fully saturated rings. The first-order valence-electron chi connectivity index (χ1n) is 9.46. The first-order chi connectivity index (χ1) is 14.7. The summed E-state index contributed by atoms with van der Waals surface area (Å²) < 4.78 is 39.0. The number of benzene rings is 2. The summed E-state index contributed by atoms with van der Waals surface area (Å²) in [5.41, 5.74) is 2.02. The topological polar surface area (TPSA) is 89.8 Å². The summed E-state index contributed by atoms with van der Waals surface area (Å²) in [6, 6.07) is 11.7. The Morgan fingerprint density at radius 1 is 1.10 bits per heavy atom. The molecule has 2 aromatic carbocycles. The van der Waals surface area contributed by atoms with Gasteiger partial charge in [-0.15, -0.1) is 0 Å². The van der Waals surface area contributed by atoms with E-state index in [1.165, 1.54) is 18.2 Å². The summed E-state index contributed by atoms with van der Waals surface area (Å²) in [6.45, 7) is 4.29. The van der Waals surface area contributed by atoms with Crippen molar-refractivity contribution in [2.24, 2.45) is 0 Å². The predicted octanol–water partition coefficient (Wildman–Crippen LogP) is 4.98. The number of anilines is 2. The van der Waals surface area contributed by atoms with E-state index in [0.717, 1.165) is 28.1 Å². The number of carbonyl (C=O) groups is 1. The maximum Gasteiger partial charge on any atom is 0.418 e. The lowest BCUT2D eigenvalue weighted by atomic mass is 10.0. The first-order valence-corrected chi connectivity index (χ1v) is 9.46. The number of nitrogens with one attached hydrogen (secondary N) is 3. The van der Waals surface area contributed by atoms with Crippen molar-refractivity contribution in [3.8, 4) is 6.07 Å². The molecule has 0 atom stereocenters. The van der Waals surface area contributed by atoms with Crippen LogP contribution in [0.25, 0.3) is 10.9 Å². The summed E-state index contributed by atoms with van der Waals surface area (Å²) in [7, 11) is 0. The molecule has 6 nitrogen and oxygen atoms in total. The lowest BCUT2D eigenvalue weighted by Crippen LogP contribution is -2.33. The summed E-state index contributed by atoms with van der Waals surface area (Å²) in [4.78, 5) is 16.5. The Kier molecular flexibility index (Phi) is 6.30. The number of halogens is 3. The second-order valence-corrected chi connectivity index (χ2v) is 6.98. The lowest BCUT2D eigenvalue weighted by Gasteiger charge is -2.14. The first kappa shape index (κ1) is 21.9. The average Bonchev–Trinajstić information content (AvgIpc) is 2.71. The van der Waals surface area contributed by atoms with Gasteiger partial charge in [0.25, 0.3) is 0 Å². The van der Waals surface area contributed by atoms with Crippen LogP contribution >= 0.6 is 0 Å². The molecule has 160 valence electrons. The van der Waals surface area contributed by atoms with Crippen LogP contribution in [-0.4, -0.2) is 24.1 Å². The standard InChI is InChI=1S/C22H20F3N5O/c1-13-9-15-11-16(12-26)20(29-19(15)10-14(13)2)27-7-8-28-21(31)30-18-6-4-3-5-17(18)22(23,24)25/h3-6,9-11H,7-8H2,1-2H3,(H,27,29)(H2,28,30,31). The Bertz CT molecular complexity index is 1170. The summed E-state index contributed by atoms with van der Waals surface area (Å²) >= 11 is 0. The van der Waals surface area contributed by atoms with Crippen LogP contribution in [0.1, 0.15) is 22.3 Å². The number of para-hydroxylation sites is 1. The third-order valence-electron chi connectivity index (χ3n) is 4.73. The Balaban J connectivity index is 1.61. The smallest absolute Gasteiger partial charge is 0.367 e. The van der Waals surface area contributed by atoms with Gasteiger partial charge in [-0.1, -0.05) is 12.1 Å². The fourth-order valence-corrected chi connectivity index (χ4v) is 3.02. The quantitative estimate of drug-likeness (QED) is 0.501. The van der Waals surface area contributed by atoms with E-state index in [2.05, 4.69) is 27.0 Å². The normalized spacial score (nSPS) is 11.1. The number of aromatic nitrogens is 1. The third kappa shape index (κ3) is 5.22. The monoisotopic (exact) mass is 427 g/mol. The molecule has 0 saturated heterocycles. The van der Waals surface area contributed by atoms with Gasteiger partial charge in [0.2, 0.25) is 0 Å². The Morgan fingerprint density at radius 3 is 2.52 bits per heavy atom. The molecular weight excluding hydrogens is 407 g/mol. The van der Waals surface area contributed by atoms with E-state index in [-0.39, 0.29) is 18.8 Å². The van der Waals surface area contributed by atoms with E-state index in [4.69, 9.17) is 0 Å². The molecule has 0 aliphatic heterocycles. The third-order valence-corrected chi connectivity index (χ3v) is 4.73. The molecular formula is C22H20F3N5O. The van der Waals surface area contributed by atoms with Crippen molar-refractivity contribution in [2.75, 3.05) is 23.7 Å². The van der Waals surface area contributed by atoms with Crippen LogP contribution in [0.2, 0.25) is 0 Å². The van der Waals surface area contributed by atoms with Crippen molar-refractivity contribution in [3.05, 3.63) is 64.7 Å². The Morgan fingerprint density at radius 2 is 1.81 bits per heavy atom. The van der Waals surface area contributed by atoms with Gasteiger partial charge < -0.3 is 16.0 Å². The molecule has 0 unspecified atom stereocenters. The molecule has 31 heavy (non-hydrogen) atoms. The highest BCUT2D eigenvalue weighted by molar-refractivity contribution is 5.90. The second-order valence-electron chi connectivity index (χ2n) is 6.98. The zero-order valence-corrected chi connectivity index (χ0v) is 16.9. The molecule has 1 aromatic heterocycles. The number of alkyl halides is 3. The fraction of sp³-hybridized carbons (Fsp3) is 0.227. The molecule has 1 heterocycles. The van der Waals surface area contributed by atoms with Crippen LogP contribution in [-0.2, 0) is 6.18 Å². The van der Waals surface area contributed by atoms with Crippen molar-refractivity contribution in [2.45, 2.75) is 20.0 Å². The molecule has 0 spiro atoms. The fourth-order valence-electron chi connectivity index (χ4n) is 3.02. The van der Waals surface area contributed by atoms with Gasteiger partial charge in [0.15, 0.2) is 0 Å². The van der Waals surface area contributed by atoms with Crippen LogP contribution in [0.5, 0.6) is 0 Å². The van der Waals surface area contributed by atoms with E-state index < -0.39 is 17.8 Å². The van der Waals surface area contributed by atoms with E-state index in [1.807, 2.05) is 26.0 Å². The van der Waals surface area contributed by atoms with Crippen LogP contribution in [0.4, 0.5) is 29.5 Å². The summed E-state index contributed by atoms with van der Waals surface area (Å²) in [5, 5.41) is 17.9. The van der Waals surface area contributed by atoms with Gasteiger partial charge >= 0.3 is 12.2 Å². The molecule has 0 aliphatic carbocycles. The number of urea groups is 1. The number of carbonyl (C=O) groups excluding carboxylic acids is 1. The number of pyridine rings is 1. The number of aryl methyl sites for hydroxylation is 2. The molecule has 0 aliphatic rings. The van der Waals surface area contributed by atoms with Crippen molar-refractivity contribution in [3.63, 3.8) is 0 Å². The highest BCUT2D eigenvalue weighted by Crippen LogP contribution is 2.34. The van der Waals surface area contributed by atoms with E-state index in [9.17, 15) is 23.2 Å². The van der Waals surface area contributed by atoms with Crippen molar-refractivity contribution < 1.29 is 18.0 Å². The minimum absolute atomic E-state index is 0.109. The van der Waals surface area contributed by atoms with E-state index >= 15 is 0 Å². The number of amides is 2. The molecule has 9 heteroatoms. The maximum atomic E-state index is 13.0. The number of nitrogens with zero attached hydrogens (tertiary/aromatic N) is 2. The largest absolute Gasteiger partial charge is 0.418 e. The minimum Gasteiger partial charge on any atom is -0.367 e. The van der Waals surface area contributed by atoms with Gasteiger partial charge in [0.1, 0.15) is 11.9 Å². The Hall–Kier alpha value is -3.80. The van der Waals surface area contributed by atoms with Crippen molar-refractivity contribution in [1.29, 1.82) is 5.26 Å². The summed E-state index contributed by atoms with van der Waals surface area (Å²) in [6.07, 6.45) is -4.57. The number of fused-ring (bicyclic) bond motifs is 1. The highest BCUT2D eigenvalue weighted by atomic mass is 19.4. The zero-order valence-electron chi connectivity index (χ0n) is 16.9. The molecule has 0 saturated carbocycles. The molecule has 3 N–H and O–H groups in total. The summed E-state index contributed by atoms with van der Waals surface area (Å²) in [5.74, 6) is 0.378. The number of rotatable bonds is 5. The van der Waals surface area contributed by atoms with E-state index in [0.29, 0.717) is 11.4 Å². The lowest BCUT2D eigenvalue weighted by molar-refractivity contribution is -0.136. The molecule has 0 radical (unpaired) electrons. The van der Waals surface area contributed by atoms with Crippen molar-refractivity contribution in [1.82, 2.24) is 10.3 Å². The van der Waals surface area contributed by atoms with Crippen LogP contribution in [0, 0.1) is 25.2 Å². The highest BCUT2D eigenvalue weighted by Gasteiger charge is 2.33. The molecule has 2 amide bonds. The van der Waals surface area contributed by atoms with E-state index in [1.54, 1.807) is 6.07 Å². The minimum atomic E-state index is -4.57. The van der Waals surface area contributed by atoms with Gasteiger partial charge in [-0.3, -0.25) is 0 Å². The zero-order chi connectivity index (χ0) is 22.6. The second kappa shape index (κ2) is 8.92. The average molecular weight is 427 g/mol.